The maximum Gasteiger partial charge on any atom is 0.266 e. The summed E-state index contributed by atoms with van der Waals surface area (Å²) in [5.41, 5.74) is 7.64. The number of ether oxygens (including phenoxy) is 6. The van der Waals surface area contributed by atoms with Gasteiger partial charge in [0.15, 0.2) is 0 Å². The van der Waals surface area contributed by atoms with E-state index >= 15 is 0 Å². The van der Waals surface area contributed by atoms with Crippen molar-refractivity contribution in [3.05, 3.63) is 348 Å². The number of fused-ring (bicyclic) bond motifs is 4. The van der Waals surface area contributed by atoms with Crippen LogP contribution in [0.4, 0.5) is 22.7 Å². The van der Waals surface area contributed by atoms with Crippen molar-refractivity contribution in [2.75, 3.05) is 19.6 Å². The van der Waals surface area contributed by atoms with Gasteiger partial charge in [-0.3, -0.25) is 38.4 Å². The number of nitrogens with zero attached hydrogens (tertiary/aromatic N) is 4. The van der Waals surface area contributed by atoms with Crippen LogP contribution in [0.15, 0.2) is 303 Å². The normalized spacial score (nSPS) is 13.5. The van der Waals surface area contributed by atoms with Crippen molar-refractivity contribution in [1.29, 1.82) is 0 Å². The Morgan fingerprint density at radius 2 is 0.337 bits per heavy atom. The quantitative estimate of drug-likeness (QED) is 0.0733. The van der Waals surface area contributed by atoms with Crippen LogP contribution < -0.4 is 48.0 Å². The molecule has 13 aromatic carbocycles. The molecular weight excluding hydrogens is 1310 g/mol. The molecule has 0 saturated heterocycles. The van der Waals surface area contributed by atoms with Gasteiger partial charge >= 0.3 is 0 Å². The van der Waals surface area contributed by atoms with Gasteiger partial charge in [0.2, 0.25) is 0 Å². The van der Waals surface area contributed by atoms with Gasteiger partial charge in [-0.25, -0.2) is 19.6 Å². The second-order valence-electron chi connectivity index (χ2n) is 24.4. The highest BCUT2D eigenvalue weighted by Gasteiger charge is 2.40. The predicted octanol–water partition coefficient (Wildman–Crippen LogP) is 19.0. The van der Waals surface area contributed by atoms with Gasteiger partial charge in [0, 0.05) is 6.07 Å². The summed E-state index contributed by atoms with van der Waals surface area (Å²) in [7, 11) is 0. The molecule has 498 valence electrons. The minimum Gasteiger partial charge on any atom is -0.457 e. The van der Waals surface area contributed by atoms with E-state index in [2.05, 4.69) is 0 Å². The number of hydrogen-bond donors (Lipinski definition) is 0. The number of carbonyl (C=O) groups excluding carboxylic acids is 8. The first kappa shape index (κ1) is 62.7. The summed E-state index contributed by atoms with van der Waals surface area (Å²) in [5, 5.41) is 0. The van der Waals surface area contributed by atoms with Crippen LogP contribution in [0.1, 0.15) is 82.9 Å². The Labute approximate surface area is 592 Å². The van der Waals surface area contributed by atoms with Gasteiger partial charge < -0.3 is 28.4 Å². The largest absolute Gasteiger partial charge is 0.457 e. The number of carbonyl (C=O) groups is 8. The Balaban J connectivity index is 0.474. The molecule has 0 spiro atoms. The summed E-state index contributed by atoms with van der Waals surface area (Å²) in [5.74, 6) is 2.22. The van der Waals surface area contributed by atoms with Crippen LogP contribution in [0.25, 0.3) is 22.3 Å². The summed E-state index contributed by atoms with van der Waals surface area (Å²) in [6.07, 6.45) is 0. The van der Waals surface area contributed by atoms with E-state index in [0.29, 0.717) is 114 Å². The first-order valence-electron chi connectivity index (χ1n) is 32.8. The smallest absolute Gasteiger partial charge is 0.266 e. The van der Waals surface area contributed by atoms with Gasteiger partial charge in [0.1, 0.15) is 69.0 Å². The van der Waals surface area contributed by atoms with Crippen LogP contribution in [0, 0.1) is 0 Å². The molecule has 4 heterocycles. The van der Waals surface area contributed by atoms with E-state index in [1.165, 1.54) is 12.1 Å². The van der Waals surface area contributed by atoms with Crippen LogP contribution in [0.3, 0.4) is 0 Å². The molecule has 0 aromatic heterocycles. The number of rotatable bonds is 18. The van der Waals surface area contributed by atoms with Gasteiger partial charge in [0.05, 0.1) is 67.3 Å². The van der Waals surface area contributed by atoms with Crippen LogP contribution in [-0.4, -0.2) is 47.3 Å². The van der Waals surface area contributed by atoms with Gasteiger partial charge in [-0.15, -0.1) is 0 Å². The minimum absolute atomic E-state index is 0.164. The number of amides is 8. The third-order valence-electron chi connectivity index (χ3n) is 18.0. The highest BCUT2D eigenvalue weighted by atomic mass is 16.5. The minimum atomic E-state index is -0.525. The SMILES string of the molecule is O=C1c2ccccc2C(=O)N1c1ccc(Oc2ccc(-c3ccc(Oc4ccc(N5C(=O)c6ccc(Oc7cccc(Oc8ccc9c(c8)C(=O)N(c8ccc(Oc%10ccc(-c%11ccc(Oc%12ccc(N%13C(=O)c%14ccccc%14C%13=O)cc%12)cc%11)cc%10)cc8)C9=O)c7)cc6C5=O)cc4)cc3)cc2)cc1. The monoisotopic (exact) mass is 1360 g/mol. The van der Waals surface area contributed by atoms with Crippen LogP contribution >= 0.6 is 0 Å². The molecule has 0 unspecified atom stereocenters. The highest BCUT2D eigenvalue weighted by molar-refractivity contribution is 6.37. The first-order chi connectivity index (χ1) is 50.8. The number of hydrogen-bond acceptors (Lipinski definition) is 14. The van der Waals surface area contributed by atoms with E-state index in [4.69, 9.17) is 28.4 Å². The second-order valence-corrected chi connectivity index (χ2v) is 24.4. The lowest BCUT2D eigenvalue weighted by Gasteiger charge is -2.15. The van der Waals surface area contributed by atoms with Crippen molar-refractivity contribution < 1.29 is 66.8 Å². The average molecular weight is 1360 g/mol. The van der Waals surface area contributed by atoms with E-state index in [0.717, 1.165) is 41.9 Å². The summed E-state index contributed by atoms with van der Waals surface area (Å²) < 4.78 is 36.8. The Hall–Kier alpha value is -14.8. The van der Waals surface area contributed by atoms with Gasteiger partial charge in [-0.2, -0.15) is 0 Å². The molecule has 0 bridgehead atoms. The van der Waals surface area contributed by atoms with Crippen LogP contribution in [-0.2, 0) is 0 Å². The molecule has 0 fully saturated rings. The molecule has 4 aliphatic heterocycles. The Kier molecular flexibility index (Phi) is 15.6. The molecule has 0 N–H and O–H groups in total. The molecule has 0 saturated carbocycles. The molecule has 17 rings (SSSR count). The molecule has 0 atom stereocenters. The zero-order chi connectivity index (χ0) is 70.7. The first-order valence-corrected chi connectivity index (χ1v) is 32.8. The van der Waals surface area contributed by atoms with Crippen molar-refractivity contribution in [3.63, 3.8) is 0 Å². The Bertz CT molecular complexity index is 5290. The van der Waals surface area contributed by atoms with E-state index < -0.39 is 23.6 Å². The maximum absolute atomic E-state index is 13.9. The third kappa shape index (κ3) is 11.7. The van der Waals surface area contributed by atoms with Crippen LogP contribution in [0.5, 0.6) is 69.0 Å². The van der Waals surface area contributed by atoms with E-state index in [9.17, 15) is 38.4 Å². The van der Waals surface area contributed by atoms with Gasteiger partial charge in [0.25, 0.3) is 47.3 Å². The zero-order valence-corrected chi connectivity index (χ0v) is 54.4. The molecule has 4 aliphatic rings. The lowest BCUT2D eigenvalue weighted by Crippen LogP contribution is -2.29. The Morgan fingerprint density at radius 3 is 0.577 bits per heavy atom. The molecular formula is C86H50N4O14. The Morgan fingerprint density at radius 1 is 0.154 bits per heavy atom. The summed E-state index contributed by atoms with van der Waals surface area (Å²) >= 11 is 0. The lowest BCUT2D eigenvalue weighted by molar-refractivity contribution is 0.0910. The molecule has 8 amide bonds. The molecule has 104 heavy (non-hydrogen) atoms. The van der Waals surface area contributed by atoms with Crippen molar-refractivity contribution in [3.8, 4) is 91.2 Å². The average Bonchev–Trinajstić information content (AvgIpc) is 1.66. The third-order valence-corrected chi connectivity index (χ3v) is 18.0. The molecule has 18 heteroatoms. The van der Waals surface area contributed by atoms with E-state index in [1.54, 1.807) is 194 Å². The summed E-state index contributed by atoms with van der Waals surface area (Å²) in [6, 6.07) is 86.6. The predicted molar refractivity (Wildman–Crippen MR) is 387 cm³/mol. The zero-order valence-electron chi connectivity index (χ0n) is 54.4. The maximum atomic E-state index is 13.9. The van der Waals surface area contributed by atoms with Crippen molar-refractivity contribution in [1.82, 2.24) is 0 Å². The number of imide groups is 4. The molecule has 13 aromatic rings. The van der Waals surface area contributed by atoms with Crippen LogP contribution in [0.2, 0.25) is 0 Å². The standard InChI is InChI=1S/C86H50N4O14/c91-79-71-8-1-2-9-72(71)80(92)87(79)55-20-36-63(37-21-55)99-59-28-12-51(13-29-59)53-16-32-61(33-17-53)101-65-40-24-57(25-41-65)89-83(95)75-46-44-69(49-77(75)85(89)97)103-67-6-5-7-68(48-67)104-70-45-47-76-78(50-70)86(98)90(84(76)96)58-26-42-66(43-27-58)102-62-34-18-54(19-35-62)52-14-30-60(31-15-52)100-64-38-22-56(23-39-64)88-81(93)73-10-3-4-11-74(73)82(88)94/h1-50H. The fourth-order valence-corrected chi connectivity index (χ4v) is 12.8. The molecule has 0 radical (unpaired) electrons. The lowest BCUT2D eigenvalue weighted by atomic mass is 10.1. The van der Waals surface area contributed by atoms with E-state index in [1.807, 2.05) is 97.1 Å². The van der Waals surface area contributed by atoms with Gasteiger partial charge in [-0.1, -0.05) is 78.9 Å². The van der Waals surface area contributed by atoms with Crippen molar-refractivity contribution in [2.45, 2.75) is 0 Å². The molecule has 18 nitrogen and oxygen atoms in total. The number of benzene rings is 13. The topological polar surface area (TPSA) is 205 Å². The second kappa shape index (κ2) is 25.8. The number of anilines is 4. The fraction of sp³-hybridized carbons (Fsp3) is 0. The summed E-state index contributed by atoms with van der Waals surface area (Å²) in [4.78, 5) is 112. The summed E-state index contributed by atoms with van der Waals surface area (Å²) in [6.45, 7) is 0. The van der Waals surface area contributed by atoms with Crippen molar-refractivity contribution in [2.24, 2.45) is 0 Å². The molecule has 0 aliphatic carbocycles. The van der Waals surface area contributed by atoms with Crippen molar-refractivity contribution >= 4 is 70.0 Å². The van der Waals surface area contributed by atoms with E-state index in [-0.39, 0.29) is 45.9 Å². The fourth-order valence-electron chi connectivity index (χ4n) is 12.8. The highest BCUT2D eigenvalue weighted by Crippen LogP contribution is 2.40. The van der Waals surface area contributed by atoms with Gasteiger partial charge in [-0.05, 0) is 241 Å².